The van der Waals surface area contributed by atoms with Gasteiger partial charge in [-0.05, 0) is 79.2 Å². The van der Waals surface area contributed by atoms with Crippen molar-refractivity contribution in [3.8, 4) is 22.9 Å². The second-order valence-corrected chi connectivity index (χ2v) is 13.5. The summed E-state index contributed by atoms with van der Waals surface area (Å²) in [5.41, 5.74) is 0.192. The van der Waals surface area contributed by atoms with Crippen LogP contribution in [0.5, 0.6) is 11.6 Å². The highest BCUT2D eigenvalue weighted by atomic mass is 32.2. The molecule has 0 bridgehead atoms. The largest absolute Gasteiger partial charge is 0.437 e. The molecule has 13 heteroatoms. The van der Waals surface area contributed by atoms with Gasteiger partial charge in [0.05, 0.1) is 28.3 Å². The third-order valence-electron chi connectivity index (χ3n) is 8.00. The number of nitrogens with zero attached hydrogens (tertiary/aromatic N) is 3. The Hall–Kier alpha value is -4.62. The maximum absolute atomic E-state index is 15.3. The predicted octanol–water partition coefficient (Wildman–Crippen LogP) is 7.23. The molecule has 8 nitrogen and oxygen atoms in total. The number of piperidine rings is 1. The lowest BCUT2D eigenvalue weighted by Crippen LogP contribution is -2.38. The summed E-state index contributed by atoms with van der Waals surface area (Å²) in [7, 11) is -4.24. The number of pyridine rings is 1. The number of anilines is 1. The number of rotatable bonds is 9. The van der Waals surface area contributed by atoms with Gasteiger partial charge in [0.25, 0.3) is 0 Å². The minimum Gasteiger partial charge on any atom is -0.437 e. The molecule has 2 aromatic heterocycles. The van der Waals surface area contributed by atoms with Gasteiger partial charge in [-0.3, -0.25) is 0 Å². The average Bonchev–Trinajstić information content (AvgIpc) is 3.04. The van der Waals surface area contributed by atoms with E-state index in [0.717, 1.165) is 44.1 Å². The quantitative estimate of drug-likeness (QED) is 0.159. The van der Waals surface area contributed by atoms with Gasteiger partial charge in [0, 0.05) is 35.9 Å². The van der Waals surface area contributed by atoms with Crippen LogP contribution in [-0.2, 0) is 27.5 Å². The standard InChI is InChI=1S/C34H31F4N5O3S/c1-21-10-11-24-25(12-13-29(35)27(24)20-47(44,45)19-22-6-2-3-9-28(22)34(36,37)38)31(21)46-32-26(8-5-16-40-32)30-14-17-41-33(43-30)42-23-7-4-15-39-18-23/h2-3,5-6,8-14,16-17,23,39H,4,7,15,18-20H2,1H3,(H,41,42,43)/t23-/m0/s1. The van der Waals surface area contributed by atoms with Gasteiger partial charge in [-0.15, -0.1) is 0 Å². The van der Waals surface area contributed by atoms with Crippen LogP contribution in [0.2, 0.25) is 0 Å². The molecule has 1 aliphatic rings. The van der Waals surface area contributed by atoms with Crippen molar-refractivity contribution in [3.63, 3.8) is 0 Å². The Morgan fingerprint density at radius 2 is 1.77 bits per heavy atom. The molecule has 244 valence electrons. The summed E-state index contributed by atoms with van der Waals surface area (Å²) >= 11 is 0. The molecule has 1 aliphatic heterocycles. The van der Waals surface area contributed by atoms with Gasteiger partial charge in [-0.25, -0.2) is 27.8 Å². The number of alkyl halides is 3. The highest BCUT2D eigenvalue weighted by Gasteiger charge is 2.34. The SMILES string of the molecule is Cc1ccc2c(CS(=O)(=O)Cc3ccccc3C(F)(F)F)c(F)ccc2c1Oc1ncccc1-c1ccnc(N[C@H]2CCCNC2)n1. The van der Waals surface area contributed by atoms with Crippen molar-refractivity contribution < 1.29 is 30.7 Å². The first-order valence-corrected chi connectivity index (χ1v) is 16.8. The van der Waals surface area contributed by atoms with Crippen LogP contribution in [0.3, 0.4) is 0 Å². The van der Waals surface area contributed by atoms with Crippen molar-refractivity contribution >= 4 is 26.6 Å². The Morgan fingerprint density at radius 1 is 0.957 bits per heavy atom. The van der Waals surface area contributed by atoms with E-state index in [0.29, 0.717) is 33.9 Å². The molecule has 1 saturated heterocycles. The third kappa shape index (κ3) is 7.36. The first-order valence-electron chi connectivity index (χ1n) is 15.0. The highest BCUT2D eigenvalue weighted by molar-refractivity contribution is 7.89. The summed E-state index contributed by atoms with van der Waals surface area (Å²) in [4.78, 5) is 13.5. The molecule has 6 rings (SSSR count). The molecule has 1 atom stereocenters. The molecule has 3 aromatic carbocycles. The van der Waals surface area contributed by atoms with Gasteiger partial charge in [0.2, 0.25) is 11.8 Å². The Bertz CT molecular complexity index is 2030. The van der Waals surface area contributed by atoms with Crippen molar-refractivity contribution in [2.45, 2.75) is 43.5 Å². The van der Waals surface area contributed by atoms with Gasteiger partial charge in [-0.2, -0.15) is 13.2 Å². The van der Waals surface area contributed by atoms with Gasteiger partial charge in [-0.1, -0.05) is 30.3 Å². The highest BCUT2D eigenvalue weighted by Crippen LogP contribution is 2.39. The number of aryl methyl sites for hydroxylation is 1. The van der Waals surface area contributed by atoms with Crippen LogP contribution < -0.4 is 15.4 Å². The maximum atomic E-state index is 15.3. The predicted molar refractivity (Wildman–Crippen MR) is 171 cm³/mol. The second-order valence-electron chi connectivity index (χ2n) is 11.4. The van der Waals surface area contributed by atoms with Crippen LogP contribution in [0.1, 0.15) is 35.1 Å². The van der Waals surface area contributed by atoms with Crippen molar-refractivity contribution in [1.29, 1.82) is 0 Å². The number of aromatic nitrogens is 3. The number of hydrogen-bond acceptors (Lipinski definition) is 8. The fraction of sp³-hybridized carbons (Fsp3) is 0.265. The van der Waals surface area contributed by atoms with Gasteiger partial charge < -0.3 is 15.4 Å². The van der Waals surface area contributed by atoms with E-state index in [4.69, 9.17) is 4.74 Å². The smallest absolute Gasteiger partial charge is 0.416 e. The van der Waals surface area contributed by atoms with Gasteiger partial charge in [0.1, 0.15) is 11.6 Å². The minimum absolute atomic E-state index is 0.165. The van der Waals surface area contributed by atoms with Crippen molar-refractivity contribution in [2.24, 2.45) is 0 Å². The first-order chi connectivity index (χ1) is 22.5. The Balaban J connectivity index is 1.33. The Morgan fingerprint density at radius 3 is 2.55 bits per heavy atom. The zero-order chi connectivity index (χ0) is 33.2. The van der Waals surface area contributed by atoms with Crippen LogP contribution >= 0.6 is 0 Å². The number of sulfone groups is 1. The lowest BCUT2D eigenvalue weighted by molar-refractivity contribution is -0.138. The zero-order valence-corrected chi connectivity index (χ0v) is 26.1. The topological polar surface area (TPSA) is 106 Å². The first kappa shape index (κ1) is 32.3. The molecule has 1 fully saturated rings. The molecular formula is C34H31F4N5O3S. The molecular weight excluding hydrogens is 634 g/mol. The summed E-state index contributed by atoms with van der Waals surface area (Å²) in [6.45, 7) is 3.57. The fourth-order valence-electron chi connectivity index (χ4n) is 5.74. The molecule has 0 amide bonds. The second kappa shape index (κ2) is 13.2. The molecule has 0 saturated carbocycles. The van der Waals surface area contributed by atoms with E-state index < -0.39 is 44.5 Å². The molecule has 3 heterocycles. The average molecular weight is 666 g/mol. The van der Waals surface area contributed by atoms with Crippen molar-refractivity contribution in [2.75, 3.05) is 18.4 Å². The molecule has 5 aromatic rings. The summed E-state index contributed by atoms with van der Waals surface area (Å²) in [6.07, 6.45) is 0.508. The van der Waals surface area contributed by atoms with Crippen LogP contribution in [0.15, 0.2) is 79.1 Å². The van der Waals surface area contributed by atoms with Gasteiger partial charge in [0.15, 0.2) is 9.84 Å². The van der Waals surface area contributed by atoms with E-state index >= 15 is 4.39 Å². The lowest BCUT2D eigenvalue weighted by atomic mass is 10.0. The zero-order valence-electron chi connectivity index (χ0n) is 25.3. The normalized spacial score (nSPS) is 15.5. The molecule has 0 spiro atoms. The van der Waals surface area contributed by atoms with Crippen LogP contribution in [0.4, 0.5) is 23.5 Å². The number of benzene rings is 3. The number of nitrogens with one attached hydrogen (secondary N) is 2. The molecule has 0 aliphatic carbocycles. The summed E-state index contributed by atoms with van der Waals surface area (Å²) < 4.78 is 88.8. The summed E-state index contributed by atoms with van der Waals surface area (Å²) in [6, 6.07) is 15.8. The lowest BCUT2D eigenvalue weighted by Gasteiger charge is -2.23. The van der Waals surface area contributed by atoms with E-state index in [1.807, 2.05) is 0 Å². The molecule has 0 radical (unpaired) electrons. The Labute approximate surface area is 269 Å². The Kier molecular flexibility index (Phi) is 9.11. The molecule has 2 N–H and O–H groups in total. The van der Waals surface area contributed by atoms with Crippen LogP contribution in [0, 0.1) is 12.7 Å². The number of ether oxygens (including phenoxy) is 1. The van der Waals surface area contributed by atoms with Crippen LogP contribution in [0.25, 0.3) is 22.0 Å². The van der Waals surface area contributed by atoms with E-state index in [-0.39, 0.29) is 22.9 Å². The minimum atomic E-state index is -4.73. The fourth-order valence-corrected chi connectivity index (χ4v) is 7.30. The van der Waals surface area contributed by atoms with Crippen LogP contribution in [-0.4, -0.2) is 42.5 Å². The van der Waals surface area contributed by atoms with E-state index in [1.54, 1.807) is 49.6 Å². The molecule has 0 unspecified atom stereocenters. The maximum Gasteiger partial charge on any atom is 0.416 e. The van der Waals surface area contributed by atoms with Gasteiger partial charge >= 0.3 is 6.18 Å². The molecule has 47 heavy (non-hydrogen) atoms. The monoisotopic (exact) mass is 665 g/mol. The van der Waals surface area contributed by atoms with Crippen molar-refractivity contribution in [1.82, 2.24) is 20.3 Å². The summed E-state index contributed by atoms with van der Waals surface area (Å²) in [5.74, 6) is -1.51. The van der Waals surface area contributed by atoms with E-state index in [1.165, 1.54) is 18.2 Å². The van der Waals surface area contributed by atoms with E-state index in [2.05, 4.69) is 25.6 Å². The number of halogens is 4. The van der Waals surface area contributed by atoms with Crippen molar-refractivity contribution in [3.05, 3.63) is 107 Å². The van der Waals surface area contributed by atoms with E-state index in [9.17, 15) is 21.6 Å². The number of hydrogen-bond donors (Lipinski definition) is 2. The summed E-state index contributed by atoms with van der Waals surface area (Å²) in [5, 5.41) is 7.38. The number of fused-ring (bicyclic) bond motifs is 1. The third-order valence-corrected chi connectivity index (χ3v) is 9.48.